The minimum absolute atomic E-state index is 0.0585. The molecular formula is C23H32N4. The van der Waals surface area contributed by atoms with E-state index in [4.69, 9.17) is 9.97 Å². The summed E-state index contributed by atoms with van der Waals surface area (Å²) >= 11 is 0. The maximum Gasteiger partial charge on any atom is 0.148 e. The van der Waals surface area contributed by atoms with Gasteiger partial charge in [-0.2, -0.15) is 0 Å². The Bertz CT molecular complexity index is 918. The number of hydrogen-bond donors (Lipinski definition) is 2. The van der Waals surface area contributed by atoms with Crippen LogP contribution in [-0.2, 0) is 6.42 Å². The lowest BCUT2D eigenvalue weighted by Crippen LogP contribution is -2.27. The van der Waals surface area contributed by atoms with Gasteiger partial charge in [0.1, 0.15) is 11.3 Å². The minimum atomic E-state index is -0.0585. The first-order valence-corrected chi connectivity index (χ1v) is 10.0. The van der Waals surface area contributed by atoms with E-state index in [0.717, 1.165) is 40.2 Å². The first-order chi connectivity index (χ1) is 12.8. The van der Waals surface area contributed by atoms with Gasteiger partial charge in [-0.25, -0.2) is 9.97 Å². The minimum Gasteiger partial charge on any atom is -0.364 e. The number of benzene rings is 1. The Morgan fingerprint density at radius 1 is 1.11 bits per heavy atom. The van der Waals surface area contributed by atoms with Crippen molar-refractivity contribution in [3.63, 3.8) is 0 Å². The molecule has 0 bridgehead atoms. The molecule has 0 saturated heterocycles. The van der Waals surface area contributed by atoms with Crippen molar-refractivity contribution in [1.82, 2.24) is 15.0 Å². The van der Waals surface area contributed by atoms with Crippen LogP contribution in [0.1, 0.15) is 58.8 Å². The standard InChI is InChI=1S/C23H32N4/c1-7-9-15(2)14-17-12-13-19(25-17)18-10-8-11-20-21(18)26-22(16(3)24-20)27-23(4,5)6/h8,10-13,15,25H,7,9,14H2,1-6H3,(H,26,27). The molecule has 2 N–H and O–H groups in total. The zero-order valence-electron chi connectivity index (χ0n) is 17.5. The van der Waals surface area contributed by atoms with Gasteiger partial charge in [0, 0.05) is 22.5 Å². The Morgan fingerprint density at radius 2 is 1.89 bits per heavy atom. The van der Waals surface area contributed by atoms with E-state index in [-0.39, 0.29) is 5.54 Å². The van der Waals surface area contributed by atoms with Gasteiger partial charge in [0.25, 0.3) is 0 Å². The molecule has 4 heteroatoms. The van der Waals surface area contributed by atoms with Crippen molar-refractivity contribution in [2.75, 3.05) is 5.32 Å². The van der Waals surface area contributed by atoms with Crippen molar-refractivity contribution in [2.45, 2.75) is 66.3 Å². The molecular weight excluding hydrogens is 332 g/mol. The summed E-state index contributed by atoms with van der Waals surface area (Å²) in [6.45, 7) is 13.0. The molecule has 0 aliphatic heterocycles. The lowest BCUT2D eigenvalue weighted by atomic mass is 10.0. The number of aromatic nitrogens is 3. The number of aromatic amines is 1. The smallest absolute Gasteiger partial charge is 0.148 e. The van der Waals surface area contributed by atoms with Gasteiger partial charge in [-0.05, 0) is 58.2 Å². The van der Waals surface area contributed by atoms with E-state index < -0.39 is 0 Å². The lowest BCUT2D eigenvalue weighted by Gasteiger charge is -2.22. The summed E-state index contributed by atoms with van der Waals surface area (Å²) in [5.74, 6) is 1.55. The number of nitrogens with zero attached hydrogens (tertiary/aromatic N) is 2. The molecule has 4 nitrogen and oxygen atoms in total. The van der Waals surface area contributed by atoms with E-state index in [1.54, 1.807) is 0 Å². The van der Waals surface area contributed by atoms with Crippen molar-refractivity contribution in [1.29, 1.82) is 0 Å². The molecule has 1 aromatic carbocycles. The molecule has 2 aromatic heterocycles. The summed E-state index contributed by atoms with van der Waals surface area (Å²) in [7, 11) is 0. The second-order valence-electron chi connectivity index (χ2n) is 8.70. The van der Waals surface area contributed by atoms with Crippen LogP contribution in [0.5, 0.6) is 0 Å². The highest BCUT2D eigenvalue weighted by atomic mass is 15.1. The molecule has 0 saturated carbocycles. The number of nitrogens with one attached hydrogen (secondary N) is 2. The monoisotopic (exact) mass is 364 g/mol. The normalized spacial score (nSPS) is 13.1. The number of H-pyrrole nitrogens is 1. The predicted molar refractivity (Wildman–Crippen MR) is 115 cm³/mol. The van der Waals surface area contributed by atoms with Crippen molar-refractivity contribution in [3.05, 3.63) is 41.7 Å². The zero-order valence-corrected chi connectivity index (χ0v) is 17.5. The van der Waals surface area contributed by atoms with Gasteiger partial charge in [-0.1, -0.05) is 38.8 Å². The summed E-state index contributed by atoms with van der Waals surface area (Å²) in [6.07, 6.45) is 3.58. The van der Waals surface area contributed by atoms with Crippen LogP contribution in [0.25, 0.3) is 22.3 Å². The van der Waals surface area contributed by atoms with E-state index >= 15 is 0 Å². The van der Waals surface area contributed by atoms with Gasteiger partial charge in [0.15, 0.2) is 0 Å². The highest BCUT2D eigenvalue weighted by Crippen LogP contribution is 2.29. The van der Waals surface area contributed by atoms with Crippen LogP contribution >= 0.6 is 0 Å². The zero-order chi connectivity index (χ0) is 19.6. The third-order valence-electron chi connectivity index (χ3n) is 4.75. The van der Waals surface area contributed by atoms with Crippen LogP contribution in [0.2, 0.25) is 0 Å². The Morgan fingerprint density at radius 3 is 2.59 bits per heavy atom. The summed E-state index contributed by atoms with van der Waals surface area (Å²) in [6, 6.07) is 10.6. The van der Waals surface area contributed by atoms with Gasteiger partial charge in [0.2, 0.25) is 0 Å². The van der Waals surface area contributed by atoms with Crippen molar-refractivity contribution >= 4 is 16.9 Å². The number of fused-ring (bicyclic) bond motifs is 1. The van der Waals surface area contributed by atoms with Crippen molar-refractivity contribution < 1.29 is 0 Å². The van der Waals surface area contributed by atoms with Crippen molar-refractivity contribution in [2.24, 2.45) is 5.92 Å². The lowest BCUT2D eigenvalue weighted by molar-refractivity contribution is 0.518. The maximum atomic E-state index is 4.94. The van der Waals surface area contributed by atoms with Crippen LogP contribution < -0.4 is 5.32 Å². The number of rotatable bonds is 6. The fourth-order valence-corrected chi connectivity index (χ4v) is 3.54. The Kier molecular flexibility index (Phi) is 5.54. The Labute approximate surface area is 162 Å². The summed E-state index contributed by atoms with van der Waals surface area (Å²) < 4.78 is 0. The third kappa shape index (κ3) is 4.68. The summed E-state index contributed by atoms with van der Waals surface area (Å²) in [5, 5.41) is 3.48. The number of anilines is 1. The fraction of sp³-hybridized carbons (Fsp3) is 0.478. The largest absolute Gasteiger partial charge is 0.364 e. The molecule has 2 heterocycles. The average molecular weight is 365 g/mol. The molecule has 144 valence electrons. The number of hydrogen-bond acceptors (Lipinski definition) is 3. The molecule has 0 spiro atoms. The van der Waals surface area contributed by atoms with Crippen LogP contribution in [0.15, 0.2) is 30.3 Å². The molecule has 1 atom stereocenters. The van der Waals surface area contributed by atoms with E-state index in [1.807, 2.05) is 13.0 Å². The average Bonchev–Trinajstić information content (AvgIpc) is 3.02. The van der Waals surface area contributed by atoms with Gasteiger partial charge in [-0.15, -0.1) is 0 Å². The molecule has 0 aliphatic rings. The molecule has 1 unspecified atom stereocenters. The SMILES string of the molecule is CCCC(C)Cc1ccc(-c2cccc3nc(C)c(NC(C)(C)C)nc23)[nH]1. The fourth-order valence-electron chi connectivity index (χ4n) is 3.54. The molecule has 0 aliphatic carbocycles. The first kappa shape index (κ1) is 19.4. The number of aryl methyl sites for hydroxylation is 1. The van der Waals surface area contributed by atoms with E-state index in [0.29, 0.717) is 5.92 Å². The van der Waals surface area contributed by atoms with Crippen LogP contribution in [0.4, 0.5) is 5.82 Å². The summed E-state index contributed by atoms with van der Waals surface area (Å²) in [5.41, 5.74) is 6.23. The Balaban J connectivity index is 1.99. The van der Waals surface area contributed by atoms with Gasteiger partial charge < -0.3 is 10.3 Å². The van der Waals surface area contributed by atoms with Crippen LogP contribution in [0, 0.1) is 12.8 Å². The van der Waals surface area contributed by atoms with Crippen LogP contribution in [0.3, 0.4) is 0 Å². The third-order valence-corrected chi connectivity index (χ3v) is 4.75. The highest BCUT2D eigenvalue weighted by molar-refractivity contribution is 5.91. The predicted octanol–water partition coefficient (Wildman–Crippen LogP) is 6.12. The summed E-state index contributed by atoms with van der Waals surface area (Å²) in [4.78, 5) is 13.3. The molecule has 3 aromatic rings. The first-order valence-electron chi connectivity index (χ1n) is 10.0. The van der Waals surface area contributed by atoms with E-state index in [1.165, 1.54) is 18.5 Å². The topological polar surface area (TPSA) is 53.6 Å². The second kappa shape index (κ2) is 7.71. The highest BCUT2D eigenvalue weighted by Gasteiger charge is 2.16. The molecule has 0 radical (unpaired) electrons. The van der Waals surface area contributed by atoms with E-state index in [9.17, 15) is 0 Å². The van der Waals surface area contributed by atoms with Crippen molar-refractivity contribution in [3.8, 4) is 11.3 Å². The number of para-hydroxylation sites is 1. The molecule has 27 heavy (non-hydrogen) atoms. The molecule has 0 fully saturated rings. The van der Waals surface area contributed by atoms with Gasteiger partial charge in [-0.3, -0.25) is 0 Å². The maximum absolute atomic E-state index is 4.94. The molecule has 0 amide bonds. The second-order valence-corrected chi connectivity index (χ2v) is 8.70. The van der Waals surface area contributed by atoms with Gasteiger partial charge >= 0.3 is 0 Å². The molecule has 3 rings (SSSR count). The van der Waals surface area contributed by atoms with Crippen LogP contribution in [-0.4, -0.2) is 20.5 Å². The van der Waals surface area contributed by atoms with E-state index in [2.05, 4.69) is 69.2 Å². The van der Waals surface area contributed by atoms with Gasteiger partial charge in [0.05, 0.1) is 11.2 Å². The Hall–Kier alpha value is -2.36. The quantitative estimate of drug-likeness (QED) is 0.554.